The van der Waals surface area contributed by atoms with Crippen LogP contribution in [0.2, 0.25) is 0 Å². The predicted octanol–water partition coefficient (Wildman–Crippen LogP) is 2.66. The minimum Gasteiger partial charge on any atom is -0.494 e. The third-order valence-corrected chi connectivity index (χ3v) is 5.09. The Morgan fingerprint density at radius 3 is 2.79 bits per heavy atom. The van der Waals surface area contributed by atoms with Crippen molar-refractivity contribution in [2.45, 2.75) is 37.8 Å². The second-order valence-electron chi connectivity index (χ2n) is 6.84. The highest BCUT2D eigenvalue weighted by Crippen LogP contribution is 2.29. The highest BCUT2D eigenvalue weighted by molar-refractivity contribution is 5.95. The predicted molar refractivity (Wildman–Crippen MR) is 103 cm³/mol. The Bertz CT molecular complexity index is 935. The van der Waals surface area contributed by atoms with Crippen LogP contribution in [0.25, 0.3) is 11.3 Å². The normalized spacial score (nSPS) is 19.2. The number of hydrogen-bond donors (Lipinski definition) is 1. The molecule has 3 aromatic heterocycles. The van der Waals surface area contributed by atoms with Crippen molar-refractivity contribution in [1.82, 2.24) is 30.0 Å². The van der Waals surface area contributed by atoms with E-state index in [0.717, 1.165) is 36.9 Å². The van der Waals surface area contributed by atoms with Crippen molar-refractivity contribution < 1.29 is 9.53 Å². The van der Waals surface area contributed by atoms with Crippen molar-refractivity contribution in [3.63, 3.8) is 0 Å². The second kappa shape index (κ2) is 8.16. The largest absolute Gasteiger partial charge is 0.494 e. The molecule has 3 aromatic rings. The van der Waals surface area contributed by atoms with Gasteiger partial charge in [-0.05, 0) is 43.9 Å². The summed E-state index contributed by atoms with van der Waals surface area (Å²) in [6.07, 6.45) is 12.4. The second-order valence-corrected chi connectivity index (χ2v) is 6.84. The first-order valence-corrected chi connectivity index (χ1v) is 9.35. The summed E-state index contributed by atoms with van der Waals surface area (Å²) in [4.78, 5) is 24.9. The average Bonchev–Trinajstić information content (AvgIpc) is 3.25. The van der Waals surface area contributed by atoms with Gasteiger partial charge in [0.25, 0.3) is 5.91 Å². The van der Waals surface area contributed by atoms with E-state index < -0.39 is 0 Å². The molecule has 1 saturated carbocycles. The molecule has 1 N–H and O–H groups in total. The first-order chi connectivity index (χ1) is 13.7. The summed E-state index contributed by atoms with van der Waals surface area (Å²) in [5.74, 6) is 0.300. The van der Waals surface area contributed by atoms with E-state index in [1.165, 1.54) is 6.33 Å². The number of aromatic nitrogens is 5. The monoisotopic (exact) mass is 378 g/mol. The molecular weight excluding hydrogens is 356 g/mol. The van der Waals surface area contributed by atoms with Crippen LogP contribution in [0.5, 0.6) is 5.75 Å². The van der Waals surface area contributed by atoms with Gasteiger partial charge in [-0.3, -0.25) is 9.48 Å². The molecule has 8 nitrogen and oxygen atoms in total. The van der Waals surface area contributed by atoms with Gasteiger partial charge in [0.2, 0.25) is 0 Å². The molecule has 3 heterocycles. The van der Waals surface area contributed by atoms with E-state index >= 15 is 0 Å². The molecule has 1 amide bonds. The molecule has 0 unspecified atom stereocenters. The van der Waals surface area contributed by atoms with Gasteiger partial charge in [-0.15, -0.1) is 0 Å². The number of carbonyl (C=O) groups excluding carboxylic acids is 1. The van der Waals surface area contributed by atoms with E-state index in [-0.39, 0.29) is 11.9 Å². The molecule has 28 heavy (non-hydrogen) atoms. The Kier molecular flexibility index (Phi) is 5.27. The number of nitrogens with zero attached hydrogens (tertiary/aromatic N) is 5. The van der Waals surface area contributed by atoms with Crippen LogP contribution in [0.4, 0.5) is 0 Å². The standard InChI is InChI=1S/C20H22N6O2/c1-28-18-3-2-9-22-19(18)20(27)25-15-4-6-16(7-5-15)26-12-14(11-24-26)17-8-10-21-13-23-17/h2-3,8-13,15-16H,4-7H2,1H3,(H,25,27). The Labute approximate surface area is 163 Å². The molecule has 0 bridgehead atoms. The number of nitrogens with one attached hydrogen (secondary N) is 1. The molecule has 0 aliphatic heterocycles. The number of pyridine rings is 1. The summed E-state index contributed by atoms with van der Waals surface area (Å²) < 4.78 is 7.24. The maximum atomic E-state index is 12.5. The molecule has 144 valence electrons. The topological polar surface area (TPSA) is 94.8 Å². The Balaban J connectivity index is 1.35. The molecule has 0 spiro atoms. The zero-order valence-electron chi connectivity index (χ0n) is 15.7. The first kappa shape index (κ1) is 18.1. The molecule has 8 heteroatoms. The van der Waals surface area contributed by atoms with Gasteiger partial charge in [-0.25, -0.2) is 15.0 Å². The van der Waals surface area contributed by atoms with Crippen LogP contribution in [0.1, 0.15) is 42.2 Å². The van der Waals surface area contributed by atoms with E-state index in [2.05, 4.69) is 25.4 Å². The summed E-state index contributed by atoms with van der Waals surface area (Å²) >= 11 is 0. The summed E-state index contributed by atoms with van der Waals surface area (Å²) in [5.41, 5.74) is 2.18. The molecule has 1 aliphatic rings. The van der Waals surface area contributed by atoms with E-state index in [9.17, 15) is 4.79 Å². The van der Waals surface area contributed by atoms with Gasteiger partial charge in [0.15, 0.2) is 5.69 Å². The lowest BCUT2D eigenvalue weighted by atomic mass is 9.91. The highest BCUT2D eigenvalue weighted by atomic mass is 16.5. The van der Waals surface area contributed by atoms with Crippen LogP contribution < -0.4 is 10.1 Å². The van der Waals surface area contributed by atoms with Gasteiger partial charge < -0.3 is 10.1 Å². The number of rotatable bonds is 5. The smallest absolute Gasteiger partial charge is 0.273 e. The third-order valence-electron chi connectivity index (χ3n) is 5.09. The zero-order chi connectivity index (χ0) is 19.3. The SMILES string of the molecule is COc1cccnc1C(=O)NC1CCC(n2cc(-c3ccncn3)cn2)CC1. The number of methoxy groups -OCH3 is 1. The number of hydrogen-bond acceptors (Lipinski definition) is 6. The van der Waals surface area contributed by atoms with Gasteiger partial charge in [0.05, 0.1) is 25.0 Å². The van der Waals surface area contributed by atoms with Gasteiger partial charge in [0.1, 0.15) is 12.1 Å². The van der Waals surface area contributed by atoms with Crippen LogP contribution in [-0.2, 0) is 0 Å². The molecule has 4 rings (SSSR count). The first-order valence-electron chi connectivity index (χ1n) is 9.35. The lowest BCUT2D eigenvalue weighted by Crippen LogP contribution is -2.38. The van der Waals surface area contributed by atoms with Crippen molar-refractivity contribution in [3.05, 3.63) is 55.0 Å². The van der Waals surface area contributed by atoms with E-state index in [1.54, 1.807) is 31.6 Å². The van der Waals surface area contributed by atoms with Gasteiger partial charge >= 0.3 is 0 Å². The van der Waals surface area contributed by atoms with Crippen LogP contribution in [0.15, 0.2) is 49.3 Å². The Morgan fingerprint density at radius 2 is 2.04 bits per heavy atom. The quantitative estimate of drug-likeness (QED) is 0.733. The van der Waals surface area contributed by atoms with Crippen molar-refractivity contribution >= 4 is 5.91 Å². The fourth-order valence-corrected chi connectivity index (χ4v) is 3.60. The molecule has 0 atom stereocenters. The van der Waals surface area contributed by atoms with Crippen LogP contribution in [0.3, 0.4) is 0 Å². The minimum absolute atomic E-state index is 0.132. The average molecular weight is 378 g/mol. The summed E-state index contributed by atoms with van der Waals surface area (Å²) in [6.45, 7) is 0. The highest BCUT2D eigenvalue weighted by Gasteiger charge is 2.25. The van der Waals surface area contributed by atoms with Crippen LogP contribution >= 0.6 is 0 Å². The van der Waals surface area contributed by atoms with Crippen molar-refractivity contribution in [1.29, 1.82) is 0 Å². The fraction of sp³-hybridized carbons (Fsp3) is 0.350. The van der Waals surface area contributed by atoms with E-state index in [4.69, 9.17) is 4.74 Å². The summed E-state index contributed by atoms with van der Waals surface area (Å²) in [7, 11) is 1.54. The number of amides is 1. The van der Waals surface area contributed by atoms with Crippen LogP contribution in [-0.4, -0.2) is 43.8 Å². The van der Waals surface area contributed by atoms with Crippen LogP contribution in [0, 0.1) is 0 Å². The maximum Gasteiger partial charge on any atom is 0.273 e. The lowest BCUT2D eigenvalue weighted by molar-refractivity contribution is 0.0913. The fourth-order valence-electron chi connectivity index (χ4n) is 3.60. The number of carbonyl (C=O) groups is 1. The molecular formula is C20H22N6O2. The minimum atomic E-state index is -0.189. The molecule has 1 fully saturated rings. The summed E-state index contributed by atoms with van der Waals surface area (Å²) in [6, 6.07) is 5.83. The molecule has 1 aliphatic carbocycles. The third kappa shape index (κ3) is 3.85. The zero-order valence-corrected chi connectivity index (χ0v) is 15.7. The van der Waals surface area contributed by atoms with Crippen molar-refractivity contribution in [2.75, 3.05) is 7.11 Å². The van der Waals surface area contributed by atoms with Gasteiger partial charge in [-0.1, -0.05) is 0 Å². The van der Waals surface area contributed by atoms with Crippen molar-refractivity contribution in [2.24, 2.45) is 0 Å². The maximum absolute atomic E-state index is 12.5. The van der Waals surface area contributed by atoms with Crippen molar-refractivity contribution in [3.8, 4) is 17.0 Å². The molecule has 0 radical (unpaired) electrons. The Morgan fingerprint density at radius 1 is 1.18 bits per heavy atom. The van der Waals surface area contributed by atoms with Gasteiger partial charge in [0, 0.05) is 30.2 Å². The molecule has 0 aromatic carbocycles. The van der Waals surface area contributed by atoms with Gasteiger partial charge in [-0.2, -0.15) is 5.10 Å². The lowest BCUT2D eigenvalue weighted by Gasteiger charge is -2.29. The van der Waals surface area contributed by atoms with E-state index in [1.807, 2.05) is 23.1 Å². The van der Waals surface area contributed by atoms with E-state index in [0.29, 0.717) is 17.5 Å². The summed E-state index contributed by atoms with van der Waals surface area (Å²) in [5, 5.41) is 7.60. The Hall–Kier alpha value is -3.29. The molecule has 0 saturated heterocycles. The number of ether oxygens (including phenoxy) is 1.